The van der Waals surface area contributed by atoms with Gasteiger partial charge in [-0.1, -0.05) is 44.2 Å². The minimum absolute atomic E-state index is 1.11. The summed E-state index contributed by atoms with van der Waals surface area (Å²) in [7, 11) is 0. The molecular weight excluding hydrogens is 220 g/mol. The summed E-state index contributed by atoms with van der Waals surface area (Å²) in [6.45, 7) is 10.3. The molecule has 0 heterocycles. The van der Waals surface area contributed by atoms with Crippen molar-refractivity contribution in [2.75, 3.05) is 32.7 Å². The number of rotatable bonds is 10. The first-order chi connectivity index (χ1) is 8.86. The van der Waals surface area contributed by atoms with Crippen LogP contribution in [0.3, 0.4) is 0 Å². The minimum Gasteiger partial charge on any atom is -0.315 e. The maximum Gasteiger partial charge on any atom is 0.0107 e. The van der Waals surface area contributed by atoms with Crippen LogP contribution in [0, 0.1) is 0 Å². The van der Waals surface area contributed by atoms with Crippen molar-refractivity contribution in [3.63, 3.8) is 0 Å². The molecule has 1 aromatic carbocycles. The third-order valence-electron chi connectivity index (χ3n) is 3.25. The number of hydrogen-bond acceptors (Lipinski definition) is 2. The lowest BCUT2D eigenvalue weighted by molar-refractivity contribution is 0.288. The van der Waals surface area contributed by atoms with Gasteiger partial charge < -0.3 is 10.2 Å². The van der Waals surface area contributed by atoms with Crippen molar-refractivity contribution in [2.45, 2.75) is 33.1 Å². The Morgan fingerprint density at radius 1 is 1.00 bits per heavy atom. The lowest BCUT2D eigenvalue weighted by Gasteiger charge is -2.19. The zero-order valence-corrected chi connectivity index (χ0v) is 12.0. The first-order valence-electron chi connectivity index (χ1n) is 7.33. The molecule has 2 heteroatoms. The van der Waals surface area contributed by atoms with E-state index in [-0.39, 0.29) is 0 Å². The predicted octanol–water partition coefficient (Wildman–Crippen LogP) is 2.94. The van der Waals surface area contributed by atoms with E-state index in [2.05, 4.69) is 54.4 Å². The molecule has 1 aromatic rings. The van der Waals surface area contributed by atoms with Gasteiger partial charge in [0, 0.05) is 13.1 Å². The van der Waals surface area contributed by atoms with Gasteiger partial charge >= 0.3 is 0 Å². The molecule has 18 heavy (non-hydrogen) atoms. The number of hydrogen-bond donors (Lipinski definition) is 1. The van der Waals surface area contributed by atoms with Crippen molar-refractivity contribution in [1.82, 2.24) is 10.2 Å². The number of benzene rings is 1. The Kier molecular flexibility index (Phi) is 8.53. The largest absolute Gasteiger partial charge is 0.315 e. The molecule has 2 nitrogen and oxygen atoms in total. The molecule has 0 radical (unpaired) electrons. The SMILES string of the molecule is CCCN(CC)CCNCCCc1ccccc1. The van der Waals surface area contributed by atoms with E-state index in [0.29, 0.717) is 0 Å². The second-order valence-electron chi connectivity index (χ2n) is 4.77. The highest BCUT2D eigenvalue weighted by atomic mass is 15.1. The molecule has 1 N–H and O–H groups in total. The van der Waals surface area contributed by atoms with E-state index in [0.717, 1.165) is 13.1 Å². The Morgan fingerprint density at radius 2 is 1.78 bits per heavy atom. The lowest BCUT2D eigenvalue weighted by atomic mass is 10.1. The molecule has 0 spiro atoms. The molecule has 0 aliphatic carbocycles. The van der Waals surface area contributed by atoms with E-state index in [1.54, 1.807) is 0 Å². The topological polar surface area (TPSA) is 15.3 Å². The lowest BCUT2D eigenvalue weighted by Crippen LogP contribution is -2.33. The monoisotopic (exact) mass is 248 g/mol. The standard InChI is InChI=1S/C16H28N2/c1-3-14-18(4-2)15-13-17-12-8-11-16-9-6-5-7-10-16/h5-7,9-10,17H,3-4,8,11-15H2,1-2H3. The van der Waals surface area contributed by atoms with Crippen molar-refractivity contribution in [2.24, 2.45) is 0 Å². The zero-order valence-electron chi connectivity index (χ0n) is 12.0. The fourth-order valence-electron chi connectivity index (χ4n) is 2.17. The number of aryl methyl sites for hydroxylation is 1. The third-order valence-corrected chi connectivity index (χ3v) is 3.25. The van der Waals surface area contributed by atoms with Gasteiger partial charge in [-0.25, -0.2) is 0 Å². The van der Waals surface area contributed by atoms with Crippen LogP contribution in [0.2, 0.25) is 0 Å². The van der Waals surface area contributed by atoms with Gasteiger partial charge in [-0.2, -0.15) is 0 Å². The minimum atomic E-state index is 1.11. The van der Waals surface area contributed by atoms with Gasteiger partial charge in [0.05, 0.1) is 0 Å². The molecule has 0 unspecified atom stereocenters. The van der Waals surface area contributed by atoms with Gasteiger partial charge in [-0.05, 0) is 44.5 Å². The van der Waals surface area contributed by atoms with Crippen LogP contribution >= 0.6 is 0 Å². The highest BCUT2D eigenvalue weighted by molar-refractivity contribution is 5.14. The summed E-state index contributed by atoms with van der Waals surface area (Å²) < 4.78 is 0. The summed E-state index contributed by atoms with van der Waals surface area (Å²) in [5.74, 6) is 0. The fraction of sp³-hybridized carbons (Fsp3) is 0.625. The first kappa shape index (κ1) is 15.2. The first-order valence-corrected chi connectivity index (χ1v) is 7.33. The van der Waals surface area contributed by atoms with Gasteiger partial charge in [-0.3, -0.25) is 0 Å². The van der Waals surface area contributed by atoms with Crippen LogP contribution in [0.25, 0.3) is 0 Å². The Hall–Kier alpha value is -0.860. The van der Waals surface area contributed by atoms with Gasteiger partial charge in [0.15, 0.2) is 0 Å². The maximum absolute atomic E-state index is 3.54. The van der Waals surface area contributed by atoms with Crippen LogP contribution in [-0.2, 0) is 6.42 Å². The Bertz CT molecular complexity index is 284. The van der Waals surface area contributed by atoms with Gasteiger partial charge in [-0.15, -0.1) is 0 Å². The van der Waals surface area contributed by atoms with Crippen molar-refractivity contribution in [3.05, 3.63) is 35.9 Å². The van der Waals surface area contributed by atoms with Gasteiger partial charge in [0.25, 0.3) is 0 Å². The van der Waals surface area contributed by atoms with E-state index in [1.807, 2.05) is 0 Å². The fourth-order valence-corrected chi connectivity index (χ4v) is 2.17. The summed E-state index contributed by atoms with van der Waals surface area (Å²) in [6, 6.07) is 10.7. The second kappa shape index (κ2) is 10.1. The van der Waals surface area contributed by atoms with Crippen LogP contribution < -0.4 is 5.32 Å². The summed E-state index contributed by atoms with van der Waals surface area (Å²) in [5, 5.41) is 3.54. The van der Waals surface area contributed by atoms with Crippen molar-refractivity contribution in [1.29, 1.82) is 0 Å². The third kappa shape index (κ3) is 6.77. The highest BCUT2D eigenvalue weighted by Gasteiger charge is 1.99. The highest BCUT2D eigenvalue weighted by Crippen LogP contribution is 2.01. The molecule has 0 saturated carbocycles. The normalized spacial score (nSPS) is 11.1. The smallest absolute Gasteiger partial charge is 0.0107 e. The zero-order chi connectivity index (χ0) is 13.1. The average Bonchev–Trinajstić information content (AvgIpc) is 2.42. The molecule has 102 valence electrons. The van der Waals surface area contributed by atoms with Crippen molar-refractivity contribution >= 4 is 0 Å². The predicted molar refractivity (Wildman–Crippen MR) is 80.0 cm³/mol. The molecule has 0 aromatic heterocycles. The number of nitrogens with one attached hydrogen (secondary N) is 1. The van der Waals surface area contributed by atoms with E-state index in [4.69, 9.17) is 0 Å². The molecule has 1 rings (SSSR count). The van der Waals surface area contributed by atoms with Crippen LogP contribution in [0.5, 0.6) is 0 Å². The van der Waals surface area contributed by atoms with Crippen molar-refractivity contribution in [3.8, 4) is 0 Å². The van der Waals surface area contributed by atoms with Crippen LogP contribution in [0.1, 0.15) is 32.3 Å². The van der Waals surface area contributed by atoms with Crippen molar-refractivity contribution < 1.29 is 0 Å². The summed E-state index contributed by atoms with van der Waals surface area (Å²) in [4.78, 5) is 2.50. The van der Waals surface area contributed by atoms with E-state index in [9.17, 15) is 0 Å². The number of nitrogens with zero attached hydrogens (tertiary/aromatic N) is 1. The summed E-state index contributed by atoms with van der Waals surface area (Å²) in [6.07, 6.45) is 3.66. The average molecular weight is 248 g/mol. The molecule has 0 fully saturated rings. The molecule has 0 saturated heterocycles. The molecule has 0 aliphatic heterocycles. The molecule has 0 aliphatic rings. The van der Waals surface area contributed by atoms with E-state index < -0.39 is 0 Å². The van der Waals surface area contributed by atoms with Gasteiger partial charge in [0.2, 0.25) is 0 Å². The maximum atomic E-state index is 3.54. The summed E-state index contributed by atoms with van der Waals surface area (Å²) in [5.41, 5.74) is 1.44. The molecule has 0 bridgehead atoms. The Morgan fingerprint density at radius 3 is 2.44 bits per heavy atom. The second-order valence-corrected chi connectivity index (χ2v) is 4.77. The molecule has 0 amide bonds. The van der Waals surface area contributed by atoms with Crippen LogP contribution in [-0.4, -0.2) is 37.6 Å². The molecular formula is C16H28N2. The molecule has 0 atom stereocenters. The van der Waals surface area contributed by atoms with E-state index in [1.165, 1.54) is 44.5 Å². The Labute approximate surface area is 112 Å². The summed E-state index contributed by atoms with van der Waals surface area (Å²) >= 11 is 0. The van der Waals surface area contributed by atoms with Gasteiger partial charge in [0.1, 0.15) is 0 Å². The van der Waals surface area contributed by atoms with E-state index >= 15 is 0 Å². The Balaban J connectivity index is 1.98. The quantitative estimate of drug-likeness (QED) is 0.640. The van der Waals surface area contributed by atoms with Crippen LogP contribution in [0.15, 0.2) is 30.3 Å². The number of likely N-dealkylation sites (N-methyl/N-ethyl adjacent to an activating group) is 1. The van der Waals surface area contributed by atoms with Crippen LogP contribution in [0.4, 0.5) is 0 Å².